The molecule has 0 aromatic heterocycles. The van der Waals surface area contributed by atoms with Crippen LogP contribution >= 0.6 is 27.7 Å². The fourth-order valence-corrected chi connectivity index (χ4v) is 9.02. The second kappa shape index (κ2) is 9.31. The van der Waals surface area contributed by atoms with Crippen molar-refractivity contribution in [2.45, 2.75) is 31.6 Å². The van der Waals surface area contributed by atoms with E-state index < -0.39 is 9.84 Å². The van der Waals surface area contributed by atoms with E-state index in [1.807, 2.05) is 36.9 Å². The maximum absolute atomic E-state index is 12.9. The molecule has 2 aliphatic heterocycles. The van der Waals surface area contributed by atoms with Gasteiger partial charge in [0.05, 0.1) is 38.2 Å². The number of rotatable bonds is 5. The number of aryl methyl sites for hydroxylation is 2. The smallest absolute Gasteiger partial charge is 0.252 e. The first-order valence-corrected chi connectivity index (χ1v) is 13.9. The SMILES string of the molecule is COc1ccc(CC(=O)N=C2S[C@H]3CS(=O)(=O)C[C@@H]3N2c2c(C)cc(Br)cc2C)cc1OC. The van der Waals surface area contributed by atoms with Crippen LogP contribution < -0.4 is 14.4 Å². The minimum atomic E-state index is -3.13. The van der Waals surface area contributed by atoms with E-state index in [4.69, 9.17) is 9.47 Å². The van der Waals surface area contributed by atoms with E-state index in [0.29, 0.717) is 16.7 Å². The van der Waals surface area contributed by atoms with Gasteiger partial charge in [0, 0.05) is 15.4 Å². The van der Waals surface area contributed by atoms with Gasteiger partial charge in [-0.1, -0.05) is 33.8 Å². The number of ether oxygens (including phenoxy) is 2. The number of aliphatic imine (C=N–C) groups is 1. The number of hydrogen-bond donors (Lipinski definition) is 0. The highest BCUT2D eigenvalue weighted by molar-refractivity contribution is 9.10. The third kappa shape index (κ3) is 4.93. The van der Waals surface area contributed by atoms with Crippen LogP contribution in [0.2, 0.25) is 0 Å². The van der Waals surface area contributed by atoms with Crippen molar-refractivity contribution in [3.8, 4) is 11.5 Å². The molecular formula is C23H25BrN2O5S2. The molecule has 0 radical (unpaired) electrons. The van der Waals surface area contributed by atoms with Crippen molar-refractivity contribution < 1.29 is 22.7 Å². The molecule has 0 spiro atoms. The summed E-state index contributed by atoms with van der Waals surface area (Å²) in [5.41, 5.74) is 3.66. The molecule has 2 aromatic carbocycles. The molecule has 2 aromatic rings. The number of nitrogens with zero attached hydrogens (tertiary/aromatic N) is 2. The van der Waals surface area contributed by atoms with E-state index in [-0.39, 0.29) is 35.1 Å². The lowest BCUT2D eigenvalue weighted by Crippen LogP contribution is -2.38. The molecule has 7 nitrogen and oxygen atoms in total. The summed E-state index contributed by atoms with van der Waals surface area (Å²) in [7, 11) is -0.0252. The van der Waals surface area contributed by atoms with Crippen molar-refractivity contribution in [1.82, 2.24) is 0 Å². The first-order chi connectivity index (χ1) is 15.6. The number of amidine groups is 1. The van der Waals surface area contributed by atoms with Crippen LogP contribution in [0.15, 0.2) is 39.8 Å². The Morgan fingerprint density at radius 3 is 2.42 bits per heavy atom. The molecule has 2 aliphatic rings. The first-order valence-electron chi connectivity index (χ1n) is 10.4. The largest absolute Gasteiger partial charge is 0.493 e. The molecule has 2 saturated heterocycles. The number of sulfone groups is 1. The van der Waals surface area contributed by atoms with Gasteiger partial charge in [-0.2, -0.15) is 4.99 Å². The fraction of sp³-hybridized carbons (Fsp3) is 0.391. The Balaban J connectivity index is 1.68. The molecule has 2 atom stereocenters. The van der Waals surface area contributed by atoms with Gasteiger partial charge in [0.25, 0.3) is 5.91 Å². The van der Waals surface area contributed by atoms with Crippen LogP contribution in [-0.4, -0.2) is 56.5 Å². The van der Waals surface area contributed by atoms with Crippen LogP contribution in [0.5, 0.6) is 11.5 Å². The van der Waals surface area contributed by atoms with Gasteiger partial charge in [-0.25, -0.2) is 8.42 Å². The summed E-state index contributed by atoms with van der Waals surface area (Å²) in [6.07, 6.45) is 0.101. The molecule has 0 saturated carbocycles. The molecule has 2 fully saturated rings. The van der Waals surface area contributed by atoms with Crippen molar-refractivity contribution >= 4 is 54.3 Å². The van der Waals surface area contributed by atoms with Gasteiger partial charge >= 0.3 is 0 Å². The van der Waals surface area contributed by atoms with Gasteiger partial charge in [0.15, 0.2) is 26.5 Å². The number of benzene rings is 2. The average molecular weight is 554 g/mol. The van der Waals surface area contributed by atoms with E-state index in [2.05, 4.69) is 20.9 Å². The Bertz CT molecular complexity index is 1220. The molecule has 1 amide bonds. The number of halogens is 1. The van der Waals surface area contributed by atoms with Gasteiger partial charge < -0.3 is 14.4 Å². The summed E-state index contributed by atoms with van der Waals surface area (Å²) in [6, 6.07) is 9.07. The van der Waals surface area contributed by atoms with Gasteiger partial charge in [0.1, 0.15) is 0 Å². The minimum Gasteiger partial charge on any atom is -0.493 e. The number of methoxy groups -OCH3 is 2. The summed E-state index contributed by atoms with van der Waals surface area (Å²) < 4.78 is 36.2. The Morgan fingerprint density at radius 1 is 1.12 bits per heavy atom. The monoisotopic (exact) mass is 552 g/mol. The third-order valence-electron chi connectivity index (χ3n) is 5.79. The predicted octanol–water partition coefficient (Wildman–Crippen LogP) is 3.93. The van der Waals surface area contributed by atoms with Crippen molar-refractivity contribution in [2.24, 2.45) is 4.99 Å². The number of anilines is 1. The summed E-state index contributed by atoms with van der Waals surface area (Å²) in [6.45, 7) is 3.97. The number of amides is 1. The van der Waals surface area contributed by atoms with E-state index in [0.717, 1.165) is 26.9 Å². The van der Waals surface area contributed by atoms with Crippen molar-refractivity contribution in [1.29, 1.82) is 0 Å². The van der Waals surface area contributed by atoms with Crippen molar-refractivity contribution in [3.63, 3.8) is 0 Å². The third-order valence-corrected chi connectivity index (χ3v) is 9.45. The summed E-state index contributed by atoms with van der Waals surface area (Å²) in [5.74, 6) is 0.990. The Morgan fingerprint density at radius 2 is 1.79 bits per heavy atom. The molecule has 33 heavy (non-hydrogen) atoms. The fourth-order valence-electron chi connectivity index (χ4n) is 4.42. The molecular weight excluding hydrogens is 528 g/mol. The Hall–Kier alpha value is -2.04. The zero-order valence-electron chi connectivity index (χ0n) is 18.8. The van der Waals surface area contributed by atoms with Crippen molar-refractivity contribution in [3.05, 3.63) is 51.5 Å². The highest BCUT2D eigenvalue weighted by Crippen LogP contribution is 2.43. The molecule has 4 rings (SSSR count). The van der Waals surface area contributed by atoms with Crippen LogP contribution in [0, 0.1) is 13.8 Å². The van der Waals surface area contributed by atoms with Gasteiger partial charge in [-0.05, 0) is 54.8 Å². The van der Waals surface area contributed by atoms with Crippen LogP contribution in [0.3, 0.4) is 0 Å². The standard InChI is InChI=1S/C23H25BrN2O5S2/c1-13-7-16(24)8-14(2)22(13)26-17-11-33(28,29)12-20(17)32-23(26)25-21(27)10-15-5-6-18(30-3)19(9-15)31-4/h5-9,17,20H,10-12H2,1-4H3/t17-,20-/m0/s1. The number of fused-ring (bicyclic) bond motifs is 1. The topological polar surface area (TPSA) is 85.3 Å². The number of carbonyl (C=O) groups excluding carboxylic acids is 1. The average Bonchev–Trinajstić information content (AvgIpc) is 3.18. The quantitative estimate of drug-likeness (QED) is 0.555. The maximum atomic E-state index is 12.9. The number of thioether (sulfide) groups is 1. The highest BCUT2D eigenvalue weighted by Gasteiger charge is 2.50. The molecule has 176 valence electrons. The lowest BCUT2D eigenvalue weighted by Gasteiger charge is -2.28. The summed E-state index contributed by atoms with van der Waals surface area (Å²) >= 11 is 4.90. The number of carbonyl (C=O) groups is 1. The zero-order valence-corrected chi connectivity index (χ0v) is 22.0. The molecule has 0 aliphatic carbocycles. The lowest BCUT2D eigenvalue weighted by molar-refractivity contribution is -0.117. The van der Waals surface area contributed by atoms with E-state index in [1.54, 1.807) is 26.4 Å². The highest BCUT2D eigenvalue weighted by atomic mass is 79.9. The molecule has 0 N–H and O–H groups in total. The van der Waals surface area contributed by atoms with Crippen molar-refractivity contribution in [2.75, 3.05) is 30.6 Å². The van der Waals surface area contributed by atoms with E-state index in [9.17, 15) is 13.2 Å². The Kier molecular flexibility index (Phi) is 6.80. The number of hydrogen-bond acceptors (Lipinski definition) is 6. The molecule has 0 unspecified atom stereocenters. The summed E-state index contributed by atoms with van der Waals surface area (Å²) in [4.78, 5) is 19.4. The van der Waals surface area contributed by atoms with Gasteiger partial charge in [0.2, 0.25) is 0 Å². The normalized spacial score (nSPS) is 22.5. The lowest BCUT2D eigenvalue weighted by atomic mass is 10.1. The summed E-state index contributed by atoms with van der Waals surface area (Å²) in [5, 5.41) is 0.406. The van der Waals surface area contributed by atoms with Crippen LogP contribution in [0.4, 0.5) is 5.69 Å². The first kappa shape index (κ1) is 24.1. The minimum absolute atomic E-state index is 0.0580. The van der Waals surface area contributed by atoms with Gasteiger partial charge in [-0.15, -0.1) is 0 Å². The van der Waals surface area contributed by atoms with Crippen LogP contribution in [-0.2, 0) is 21.1 Å². The second-order valence-corrected chi connectivity index (χ2v) is 12.5. The Labute approximate surface area is 206 Å². The van der Waals surface area contributed by atoms with Crippen LogP contribution in [0.25, 0.3) is 0 Å². The molecule has 0 bridgehead atoms. The second-order valence-electron chi connectivity index (χ2n) is 8.21. The predicted molar refractivity (Wildman–Crippen MR) is 136 cm³/mol. The zero-order chi connectivity index (χ0) is 23.9. The van der Waals surface area contributed by atoms with Gasteiger partial charge in [-0.3, -0.25) is 4.79 Å². The van der Waals surface area contributed by atoms with Crippen LogP contribution in [0.1, 0.15) is 16.7 Å². The van der Waals surface area contributed by atoms with E-state index in [1.165, 1.54) is 11.8 Å². The van der Waals surface area contributed by atoms with E-state index >= 15 is 0 Å². The maximum Gasteiger partial charge on any atom is 0.252 e. The molecule has 2 heterocycles. The molecule has 10 heteroatoms.